The van der Waals surface area contributed by atoms with Crippen LogP contribution in [0.2, 0.25) is 0 Å². The molecule has 0 aliphatic carbocycles. The minimum absolute atomic E-state index is 0.165. The number of hydrogen-bond acceptors (Lipinski definition) is 3. The number of ether oxygens (including phenoxy) is 1. The molecule has 0 saturated carbocycles. The third kappa shape index (κ3) is 4.69. The molecule has 4 nitrogen and oxygen atoms in total. The summed E-state index contributed by atoms with van der Waals surface area (Å²) in [5.74, 6) is 0.165. The van der Waals surface area contributed by atoms with Crippen molar-refractivity contribution in [2.24, 2.45) is 5.92 Å². The molecule has 2 N–H and O–H groups in total. The molecule has 0 radical (unpaired) electrons. The maximum atomic E-state index is 11.8. The van der Waals surface area contributed by atoms with Crippen LogP contribution in [0.3, 0.4) is 0 Å². The highest BCUT2D eigenvalue weighted by Gasteiger charge is 2.29. The zero-order valence-corrected chi connectivity index (χ0v) is 8.93. The van der Waals surface area contributed by atoms with Gasteiger partial charge in [0.2, 0.25) is 0 Å². The van der Waals surface area contributed by atoms with Gasteiger partial charge in [0, 0.05) is 6.54 Å². The second-order valence-electron chi connectivity index (χ2n) is 3.88. The molecule has 0 bridgehead atoms. The topological polar surface area (TPSA) is 50.4 Å². The lowest BCUT2D eigenvalue weighted by molar-refractivity contribution is -0.124. The molecule has 1 aliphatic rings. The van der Waals surface area contributed by atoms with Gasteiger partial charge in [-0.1, -0.05) is 6.92 Å². The van der Waals surface area contributed by atoms with E-state index in [0.29, 0.717) is 6.54 Å². The van der Waals surface area contributed by atoms with Gasteiger partial charge in [-0.05, 0) is 18.9 Å². The van der Waals surface area contributed by atoms with Crippen LogP contribution in [0.15, 0.2) is 0 Å². The van der Waals surface area contributed by atoms with Gasteiger partial charge in [-0.25, -0.2) is 4.79 Å². The summed E-state index contributed by atoms with van der Waals surface area (Å²) in [4.78, 5) is 11.0. The van der Waals surface area contributed by atoms with E-state index in [2.05, 4.69) is 5.32 Å². The summed E-state index contributed by atoms with van der Waals surface area (Å²) >= 11 is 0. The van der Waals surface area contributed by atoms with E-state index in [1.54, 1.807) is 5.32 Å². The van der Waals surface area contributed by atoms with E-state index in [1.165, 1.54) is 0 Å². The third-order valence-electron chi connectivity index (χ3n) is 2.45. The van der Waals surface area contributed by atoms with Crippen molar-refractivity contribution >= 4 is 6.09 Å². The Balaban J connectivity index is 2.28. The maximum Gasteiger partial charge on any atom is 0.407 e. The predicted octanol–water partition coefficient (Wildman–Crippen LogP) is 1.27. The Morgan fingerprint density at radius 2 is 2.25 bits per heavy atom. The van der Waals surface area contributed by atoms with Gasteiger partial charge >= 0.3 is 12.3 Å². The molecule has 1 saturated heterocycles. The maximum absolute atomic E-state index is 11.8. The lowest BCUT2D eigenvalue weighted by Gasteiger charge is -2.29. The van der Waals surface area contributed by atoms with Crippen LogP contribution in [0.1, 0.15) is 13.3 Å². The Kier molecular flexibility index (Phi) is 4.40. The summed E-state index contributed by atoms with van der Waals surface area (Å²) in [6.45, 7) is 1.87. The summed E-state index contributed by atoms with van der Waals surface area (Å²) < 4.78 is 40.3. The molecule has 1 heterocycles. The number of carbonyl (C=O) groups excluding carboxylic acids is 1. The van der Waals surface area contributed by atoms with Gasteiger partial charge in [-0.15, -0.1) is 0 Å². The Morgan fingerprint density at radius 1 is 1.56 bits per heavy atom. The fraction of sp³-hybridized carbons (Fsp3) is 0.889. The zero-order valence-electron chi connectivity index (χ0n) is 8.93. The molecule has 1 fully saturated rings. The van der Waals surface area contributed by atoms with Crippen LogP contribution >= 0.6 is 0 Å². The first-order chi connectivity index (χ1) is 7.38. The Hall–Kier alpha value is -0.980. The van der Waals surface area contributed by atoms with Crippen molar-refractivity contribution in [3.63, 3.8) is 0 Å². The highest BCUT2D eigenvalue weighted by atomic mass is 19.4. The molecule has 0 aromatic carbocycles. The fourth-order valence-electron chi connectivity index (χ4n) is 1.47. The van der Waals surface area contributed by atoms with Crippen molar-refractivity contribution in [2.45, 2.75) is 25.6 Å². The minimum atomic E-state index is -4.41. The van der Waals surface area contributed by atoms with Crippen LogP contribution in [-0.2, 0) is 4.74 Å². The van der Waals surface area contributed by atoms with E-state index in [1.807, 2.05) is 6.92 Å². The van der Waals surface area contributed by atoms with E-state index in [9.17, 15) is 18.0 Å². The number of rotatable bonds is 2. The molecule has 0 spiro atoms. The number of alkyl carbamates (subject to hydrolysis) is 1. The largest absolute Gasteiger partial charge is 0.445 e. The van der Waals surface area contributed by atoms with Gasteiger partial charge in [-0.2, -0.15) is 13.2 Å². The number of amides is 1. The lowest BCUT2D eigenvalue weighted by atomic mass is 9.97. The van der Waals surface area contributed by atoms with Crippen molar-refractivity contribution in [1.82, 2.24) is 10.6 Å². The second kappa shape index (κ2) is 5.38. The normalized spacial score (nSPS) is 26.2. The van der Waals surface area contributed by atoms with Crippen molar-refractivity contribution in [3.05, 3.63) is 0 Å². The van der Waals surface area contributed by atoms with Gasteiger partial charge < -0.3 is 15.4 Å². The number of hydrogen-bond donors (Lipinski definition) is 2. The smallest absolute Gasteiger partial charge is 0.407 e. The van der Waals surface area contributed by atoms with E-state index in [0.717, 1.165) is 13.0 Å². The molecule has 7 heteroatoms. The molecule has 2 atom stereocenters. The molecule has 16 heavy (non-hydrogen) atoms. The minimum Gasteiger partial charge on any atom is -0.445 e. The quantitative estimate of drug-likeness (QED) is 0.764. The number of alkyl halides is 3. The zero-order chi connectivity index (χ0) is 12.2. The fourth-order valence-corrected chi connectivity index (χ4v) is 1.47. The van der Waals surface area contributed by atoms with E-state index >= 15 is 0 Å². The number of carbonyl (C=O) groups is 1. The van der Waals surface area contributed by atoms with Gasteiger partial charge in [0.05, 0.1) is 0 Å². The molecule has 0 aromatic heterocycles. The summed E-state index contributed by atoms with van der Waals surface area (Å²) in [5.41, 5.74) is 0. The van der Waals surface area contributed by atoms with E-state index in [4.69, 9.17) is 4.74 Å². The SMILES string of the molecule is CC1CCNCC1OC(=O)NCC(F)(F)F. The summed E-state index contributed by atoms with van der Waals surface area (Å²) in [7, 11) is 0. The summed E-state index contributed by atoms with van der Waals surface area (Å²) in [6, 6.07) is 0. The van der Waals surface area contributed by atoms with Crippen LogP contribution in [0, 0.1) is 5.92 Å². The molecule has 0 aromatic rings. The average molecular weight is 240 g/mol. The van der Waals surface area contributed by atoms with E-state index < -0.39 is 18.8 Å². The third-order valence-corrected chi connectivity index (χ3v) is 2.45. The molecular formula is C9H15F3N2O2. The van der Waals surface area contributed by atoms with Crippen LogP contribution in [0.5, 0.6) is 0 Å². The highest BCUT2D eigenvalue weighted by molar-refractivity contribution is 5.67. The molecule has 1 aliphatic heterocycles. The van der Waals surface area contributed by atoms with Crippen molar-refractivity contribution < 1.29 is 22.7 Å². The van der Waals surface area contributed by atoms with Gasteiger partial charge in [0.25, 0.3) is 0 Å². The van der Waals surface area contributed by atoms with Crippen molar-refractivity contribution in [2.75, 3.05) is 19.6 Å². The van der Waals surface area contributed by atoms with Crippen molar-refractivity contribution in [1.29, 1.82) is 0 Å². The first kappa shape index (κ1) is 13.1. The second-order valence-corrected chi connectivity index (χ2v) is 3.88. The standard InChI is InChI=1S/C9H15F3N2O2/c1-6-2-3-13-4-7(6)16-8(15)14-5-9(10,11)12/h6-7,13H,2-5H2,1H3,(H,14,15). The molecule has 94 valence electrons. The van der Waals surface area contributed by atoms with Gasteiger partial charge in [-0.3, -0.25) is 0 Å². The van der Waals surface area contributed by atoms with Crippen LogP contribution in [-0.4, -0.2) is 38.0 Å². The first-order valence-corrected chi connectivity index (χ1v) is 5.10. The molecule has 1 rings (SSSR count). The molecule has 1 amide bonds. The summed E-state index contributed by atoms with van der Waals surface area (Å²) in [6.07, 6.45) is -4.94. The molecular weight excluding hydrogens is 225 g/mol. The van der Waals surface area contributed by atoms with Gasteiger partial charge in [0.1, 0.15) is 12.6 Å². The van der Waals surface area contributed by atoms with Crippen LogP contribution in [0.4, 0.5) is 18.0 Å². The average Bonchev–Trinajstić information content (AvgIpc) is 2.18. The number of halogens is 3. The summed E-state index contributed by atoms with van der Waals surface area (Å²) in [5, 5.41) is 4.69. The van der Waals surface area contributed by atoms with Crippen LogP contribution < -0.4 is 10.6 Å². The Labute approximate surface area is 91.5 Å². The van der Waals surface area contributed by atoms with E-state index in [-0.39, 0.29) is 12.0 Å². The van der Waals surface area contributed by atoms with Crippen LogP contribution in [0.25, 0.3) is 0 Å². The Bertz CT molecular complexity index is 245. The predicted molar refractivity (Wildman–Crippen MR) is 51.0 cm³/mol. The van der Waals surface area contributed by atoms with Gasteiger partial charge in [0.15, 0.2) is 0 Å². The first-order valence-electron chi connectivity index (χ1n) is 5.10. The lowest BCUT2D eigenvalue weighted by Crippen LogP contribution is -2.45. The monoisotopic (exact) mass is 240 g/mol. The van der Waals surface area contributed by atoms with Crippen molar-refractivity contribution in [3.8, 4) is 0 Å². The highest BCUT2D eigenvalue weighted by Crippen LogP contribution is 2.15. The number of nitrogens with one attached hydrogen (secondary N) is 2. The number of piperidine rings is 1. The Morgan fingerprint density at radius 3 is 2.81 bits per heavy atom. The molecule has 2 unspecified atom stereocenters.